The lowest BCUT2D eigenvalue weighted by Gasteiger charge is -2.10. The zero-order valence-corrected chi connectivity index (χ0v) is 12.2. The van der Waals surface area contributed by atoms with Crippen LogP contribution in [0.4, 0.5) is 0 Å². The van der Waals surface area contributed by atoms with Crippen LogP contribution in [-0.2, 0) is 21.8 Å². The number of sulfonamides is 1. The van der Waals surface area contributed by atoms with E-state index in [1.54, 1.807) is 14.0 Å². The third-order valence-corrected chi connectivity index (χ3v) is 4.10. The van der Waals surface area contributed by atoms with Crippen molar-refractivity contribution in [2.45, 2.75) is 17.9 Å². The molecule has 0 saturated heterocycles. The van der Waals surface area contributed by atoms with Gasteiger partial charge in [-0.1, -0.05) is 0 Å². The van der Waals surface area contributed by atoms with Gasteiger partial charge in [0, 0.05) is 33.9 Å². The maximum atomic E-state index is 12.0. The fourth-order valence-corrected chi connectivity index (χ4v) is 2.61. The van der Waals surface area contributed by atoms with Crippen LogP contribution in [0.3, 0.4) is 0 Å². The van der Waals surface area contributed by atoms with E-state index in [2.05, 4.69) is 10.0 Å². The van der Waals surface area contributed by atoms with E-state index >= 15 is 0 Å². The van der Waals surface area contributed by atoms with E-state index in [0.29, 0.717) is 0 Å². The van der Waals surface area contributed by atoms with Crippen LogP contribution in [0.1, 0.15) is 17.4 Å². The van der Waals surface area contributed by atoms with Crippen molar-refractivity contribution in [3.05, 3.63) is 18.0 Å². The Morgan fingerprint density at radius 3 is 2.68 bits per heavy atom. The number of amides is 1. The molecule has 0 aliphatic carbocycles. The number of nitrogens with one attached hydrogen (secondary N) is 2. The fraction of sp³-hybridized carbons (Fsp3) is 0.545. The molecule has 0 saturated carbocycles. The van der Waals surface area contributed by atoms with Gasteiger partial charge in [0.05, 0.1) is 6.10 Å². The molecule has 0 bridgehead atoms. The Balaban J connectivity index is 2.93. The van der Waals surface area contributed by atoms with Gasteiger partial charge in [0.1, 0.15) is 10.6 Å². The standard InChI is InChI=1S/C11H19N3O4S/c1-8(18-4)6-13-19(16,17)9-5-10(11(15)12-2)14(3)7-9/h5,7-8,13H,6H2,1-4H3,(H,12,15). The fourth-order valence-electron chi connectivity index (χ4n) is 1.43. The minimum atomic E-state index is -3.64. The van der Waals surface area contributed by atoms with E-state index in [1.165, 1.54) is 31.0 Å². The average molecular weight is 289 g/mol. The predicted molar refractivity (Wildman–Crippen MR) is 70.5 cm³/mol. The highest BCUT2D eigenvalue weighted by molar-refractivity contribution is 7.89. The summed E-state index contributed by atoms with van der Waals surface area (Å²) in [6, 6.07) is 1.33. The van der Waals surface area contributed by atoms with E-state index in [1.807, 2.05) is 0 Å². The first-order valence-corrected chi connectivity index (χ1v) is 7.21. The summed E-state index contributed by atoms with van der Waals surface area (Å²) in [4.78, 5) is 11.6. The second-order valence-corrected chi connectivity index (χ2v) is 5.92. The third-order valence-electron chi connectivity index (χ3n) is 2.71. The van der Waals surface area contributed by atoms with E-state index in [-0.39, 0.29) is 29.1 Å². The quantitative estimate of drug-likeness (QED) is 0.752. The Hall–Kier alpha value is -1.38. The van der Waals surface area contributed by atoms with Gasteiger partial charge >= 0.3 is 0 Å². The minimum Gasteiger partial charge on any atom is -0.380 e. The number of methoxy groups -OCH3 is 1. The van der Waals surface area contributed by atoms with Gasteiger partial charge in [-0.25, -0.2) is 13.1 Å². The van der Waals surface area contributed by atoms with Crippen molar-refractivity contribution in [1.82, 2.24) is 14.6 Å². The van der Waals surface area contributed by atoms with Gasteiger partial charge in [-0.15, -0.1) is 0 Å². The Labute approximate surface area is 113 Å². The molecule has 1 aromatic rings. The number of carbonyl (C=O) groups excluding carboxylic acids is 1. The summed E-state index contributed by atoms with van der Waals surface area (Å²) in [5.41, 5.74) is 0.280. The Morgan fingerprint density at radius 2 is 2.16 bits per heavy atom. The molecule has 0 aliphatic rings. The molecule has 0 fully saturated rings. The summed E-state index contributed by atoms with van der Waals surface area (Å²) in [7, 11) is 0.966. The van der Waals surface area contributed by atoms with Crippen LogP contribution in [-0.4, -0.2) is 45.7 Å². The first kappa shape index (κ1) is 15.7. The van der Waals surface area contributed by atoms with Crippen molar-refractivity contribution < 1.29 is 17.9 Å². The number of rotatable bonds is 6. The van der Waals surface area contributed by atoms with Gasteiger partial charge in [-0.2, -0.15) is 0 Å². The number of carbonyl (C=O) groups is 1. The predicted octanol–water partition coefficient (Wildman–Crippen LogP) is -0.302. The van der Waals surface area contributed by atoms with Crippen LogP contribution in [0.25, 0.3) is 0 Å². The van der Waals surface area contributed by atoms with E-state index < -0.39 is 10.0 Å². The highest BCUT2D eigenvalue weighted by Gasteiger charge is 2.20. The zero-order valence-electron chi connectivity index (χ0n) is 11.4. The monoisotopic (exact) mass is 289 g/mol. The molecule has 0 radical (unpaired) electrons. The van der Waals surface area contributed by atoms with Gasteiger partial charge in [0.15, 0.2) is 0 Å². The number of nitrogens with zero attached hydrogens (tertiary/aromatic N) is 1. The molecule has 1 heterocycles. The van der Waals surface area contributed by atoms with Crippen LogP contribution >= 0.6 is 0 Å². The number of ether oxygens (including phenoxy) is 1. The number of aryl methyl sites for hydroxylation is 1. The summed E-state index contributed by atoms with van der Waals surface area (Å²) in [5.74, 6) is -0.339. The molecule has 19 heavy (non-hydrogen) atoms. The van der Waals surface area contributed by atoms with E-state index in [0.717, 1.165) is 0 Å². The first-order chi connectivity index (χ1) is 8.81. The van der Waals surface area contributed by atoms with E-state index in [9.17, 15) is 13.2 Å². The van der Waals surface area contributed by atoms with Crippen LogP contribution < -0.4 is 10.0 Å². The molecule has 108 valence electrons. The maximum absolute atomic E-state index is 12.0. The van der Waals surface area contributed by atoms with Crippen molar-refractivity contribution >= 4 is 15.9 Å². The normalized spacial score (nSPS) is 13.3. The van der Waals surface area contributed by atoms with Gasteiger partial charge in [0.2, 0.25) is 10.0 Å². The Morgan fingerprint density at radius 1 is 1.53 bits per heavy atom. The summed E-state index contributed by atoms with van der Waals surface area (Å²) >= 11 is 0. The highest BCUT2D eigenvalue weighted by atomic mass is 32.2. The zero-order chi connectivity index (χ0) is 14.6. The van der Waals surface area contributed by atoms with Crippen LogP contribution in [0.2, 0.25) is 0 Å². The van der Waals surface area contributed by atoms with Crippen LogP contribution in [0.5, 0.6) is 0 Å². The second-order valence-electron chi connectivity index (χ2n) is 4.15. The van der Waals surface area contributed by atoms with Crippen molar-refractivity contribution in [3.63, 3.8) is 0 Å². The summed E-state index contributed by atoms with van der Waals surface area (Å²) < 4.78 is 32.9. The van der Waals surface area contributed by atoms with Gasteiger partial charge in [-0.05, 0) is 13.0 Å². The molecule has 2 N–H and O–H groups in total. The molecule has 1 atom stereocenters. The number of aromatic nitrogens is 1. The molecule has 1 amide bonds. The van der Waals surface area contributed by atoms with E-state index in [4.69, 9.17) is 4.74 Å². The smallest absolute Gasteiger partial charge is 0.267 e. The lowest BCUT2D eigenvalue weighted by atomic mass is 10.4. The molecule has 1 rings (SSSR count). The van der Waals surface area contributed by atoms with Crippen LogP contribution in [0.15, 0.2) is 17.2 Å². The molecule has 0 spiro atoms. The van der Waals surface area contributed by atoms with Crippen molar-refractivity contribution in [2.24, 2.45) is 7.05 Å². The molecule has 8 heteroatoms. The lowest BCUT2D eigenvalue weighted by Crippen LogP contribution is -2.31. The first-order valence-electron chi connectivity index (χ1n) is 5.72. The molecule has 0 aromatic carbocycles. The second kappa shape index (κ2) is 6.18. The number of hydrogen-bond acceptors (Lipinski definition) is 4. The van der Waals surface area contributed by atoms with Crippen molar-refractivity contribution in [2.75, 3.05) is 20.7 Å². The SMILES string of the molecule is CNC(=O)c1cc(S(=O)(=O)NCC(C)OC)cn1C. The molecule has 0 aliphatic heterocycles. The van der Waals surface area contributed by atoms with Crippen LogP contribution in [0, 0.1) is 0 Å². The Bertz CT molecular complexity index is 550. The van der Waals surface area contributed by atoms with Crippen molar-refractivity contribution in [3.8, 4) is 0 Å². The largest absolute Gasteiger partial charge is 0.380 e. The molecular formula is C11H19N3O4S. The average Bonchev–Trinajstić information content (AvgIpc) is 2.78. The van der Waals surface area contributed by atoms with Gasteiger partial charge in [-0.3, -0.25) is 4.79 Å². The van der Waals surface area contributed by atoms with Gasteiger partial charge < -0.3 is 14.6 Å². The summed E-state index contributed by atoms with van der Waals surface area (Å²) in [6.07, 6.45) is 1.17. The third kappa shape index (κ3) is 3.79. The highest BCUT2D eigenvalue weighted by Crippen LogP contribution is 2.13. The number of hydrogen-bond donors (Lipinski definition) is 2. The maximum Gasteiger partial charge on any atom is 0.267 e. The van der Waals surface area contributed by atoms with Gasteiger partial charge in [0.25, 0.3) is 5.91 Å². The topological polar surface area (TPSA) is 89.4 Å². The minimum absolute atomic E-state index is 0.0527. The molecular weight excluding hydrogens is 270 g/mol. The molecule has 7 nitrogen and oxygen atoms in total. The summed E-state index contributed by atoms with van der Waals surface area (Å²) in [5, 5.41) is 2.45. The van der Waals surface area contributed by atoms with Crippen molar-refractivity contribution in [1.29, 1.82) is 0 Å². The molecule has 1 aromatic heterocycles. The lowest BCUT2D eigenvalue weighted by molar-refractivity contribution is 0.0955. The molecule has 1 unspecified atom stereocenters. The summed E-state index contributed by atoms with van der Waals surface area (Å²) in [6.45, 7) is 1.92. The Kier molecular flexibility index (Phi) is 5.10.